The highest BCUT2D eigenvalue weighted by Crippen LogP contribution is 2.13. The molecule has 1 aromatic rings. The van der Waals surface area contributed by atoms with Gasteiger partial charge in [0.15, 0.2) is 5.82 Å². The van der Waals surface area contributed by atoms with Crippen LogP contribution >= 0.6 is 11.8 Å². The number of halogens is 3. The zero-order chi connectivity index (χ0) is 16.6. The van der Waals surface area contributed by atoms with Gasteiger partial charge >= 0.3 is 6.18 Å². The second-order valence-electron chi connectivity index (χ2n) is 4.24. The Morgan fingerprint density at radius 2 is 2.27 bits per heavy atom. The predicted octanol–water partition coefficient (Wildman–Crippen LogP) is 1.77. The third kappa shape index (κ3) is 7.76. The maximum Gasteiger partial charge on any atom is 0.405 e. The van der Waals surface area contributed by atoms with E-state index in [0.29, 0.717) is 24.3 Å². The van der Waals surface area contributed by atoms with Crippen LogP contribution in [0.15, 0.2) is 18.3 Å². The second kappa shape index (κ2) is 8.51. The van der Waals surface area contributed by atoms with Crippen LogP contribution in [-0.2, 0) is 5.75 Å². The minimum absolute atomic E-state index is 0.263. The van der Waals surface area contributed by atoms with Crippen LogP contribution in [0.4, 0.5) is 13.2 Å². The summed E-state index contributed by atoms with van der Waals surface area (Å²) in [6.45, 7) is 0.826. The zero-order valence-corrected chi connectivity index (χ0v) is 12.6. The van der Waals surface area contributed by atoms with Gasteiger partial charge in [-0.1, -0.05) is 0 Å². The van der Waals surface area contributed by atoms with E-state index in [1.54, 1.807) is 6.33 Å². The highest BCUT2D eigenvalue weighted by molar-refractivity contribution is 7.98. The van der Waals surface area contributed by atoms with Crippen LogP contribution in [0.5, 0.6) is 0 Å². The Balaban J connectivity index is 2.31. The molecule has 0 radical (unpaired) electrons. The number of nitro groups is 1. The summed E-state index contributed by atoms with van der Waals surface area (Å²) >= 11 is 1.53. The largest absolute Gasteiger partial charge is 0.405 e. The predicted molar refractivity (Wildman–Crippen MR) is 76.6 cm³/mol. The fourth-order valence-corrected chi connectivity index (χ4v) is 2.31. The van der Waals surface area contributed by atoms with Crippen molar-refractivity contribution >= 4 is 11.8 Å². The number of aromatic nitrogens is 2. The van der Waals surface area contributed by atoms with Crippen molar-refractivity contribution in [2.45, 2.75) is 18.9 Å². The Morgan fingerprint density at radius 3 is 2.82 bits per heavy atom. The molecule has 0 aliphatic heterocycles. The van der Waals surface area contributed by atoms with Gasteiger partial charge < -0.3 is 15.6 Å². The lowest BCUT2D eigenvalue weighted by atomic mass is 10.4. The van der Waals surface area contributed by atoms with E-state index in [4.69, 9.17) is 0 Å². The molecule has 1 heterocycles. The standard InChI is InChI=1S/C11H16F3N5O2S/c1-8-9(18-7-17-8)5-22-3-2-15-10(4-19(20)21)16-6-11(12,13)14/h4,7,15-16H,2-3,5-6H2,1H3,(H,17,18)/b10-4-. The maximum absolute atomic E-state index is 12.1. The molecule has 11 heteroatoms. The average molecular weight is 339 g/mol. The summed E-state index contributed by atoms with van der Waals surface area (Å²) < 4.78 is 36.3. The zero-order valence-electron chi connectivity index (χ0n) is 11.7. The van der Waals surface area contributed by atoms with Crippen LogP contribution in [0, 0.1) is 17.0 Å². The lowest BCUT2D eigenvalue weighted by Crippen LogP contribution is -2.35. The molecule has 1 rings (SSSR count). The molecule has 0 amide bonds. The molecule has 0 saturated carbocycles. The number of H-pyrrole nitrogens is 1. The Hall–Kier alpha value is -1.91. The van der Waals surface area contributed by atoms with Crippen LogP contribution < -0.4 is 10.6 Å². The highest BCUT2D eigenvalue weighted by Gasteiger charge is 2.27. The van der Waals surface area contributed by atoms with E-state index in [0.717, 1.165) is 11.4 Å². The molecule has 22 heavy (non-hydrogen) atoms. The first-order valence-electron chi connectivity index (χ1n) is 6.24. The van der Waals surface area contributed by atoms with E-state index in [1.807, 2.05) is 12.2 Å². The normalized spacial score (nSPS) is 12.3. The SMILES string of the molecule is Cc1nc[nH]c1CSCCN/C(=C/[N+](=O)[O-])NCC(F)(F)F. The summed E-state index contributed by atoms with van der Waals surface area (Å²) in [6, 6.07) is 0. The Bertz CT molecular complexity index is 518. The van der Waals surface area contributed by atoms with Crippen molar-refractivity contribution < 1.29 is 18.1 Å². The van der Waals surface area contributed by atoms with Gasteiger partial charge in [-0.2, -0.15) is 24.9 Å². The van der Waals surface area contributed by atoms with Gasteiger partial charge in [-0.15, -0.1) is 0 Å². The van der Waals surface area contributed by atoms with E-state index >= 15 is 0 Å². The quantitative estimate of drug-likeness (QED) is 0.360. The Labute approximate surface area is 128 Å². The number of rotatable bonds is 9. The minimum Gasteiger partial charge on any atom is -0.366 e. The number of nitrogens with zero attached hydrogens (tertiary/aromatic N) is 2. The number of alkyl halides is 3. The molecule has 3 N–H and O–H groups in total. The van der Waals surface area contributed by atoms with Gasteiger partial charge in [0.1, 0.15) is 6.54 Å². The lowest BCUT2D eigenvalue weighted by molar-refractivity contribution is -0.404. The molecule has 1 aromatic heterocycles. The van der Waals surface area contributed by atoms with E-state index in [1.165, 1.54) is 11.8 Å². The van der Waals surface area contributed by atoms with Crippen molar-refractivity contribution in [3.63, 3.8) is 0 Å². The first-order chi connectivity index (χ1) is 10.3. The van der Waals surface area contributed by atoms with Crippen LogP contribution in [0.2, 0.25) is 0 Å². The Morgan fingerprint density at radius 1 is 1.55 bits per heavy atom. The molecule has 0 spiro atoms. The number of aromatic amines is 1. The van der Waals surface area contributed by atoms with Gasteiger partial charge in [-0.05, 0) is 6.92 Å². The third-order valence-corrected chi connectivity index (χ3v) is 3.44. The van der Waals surface area contributed by atoms with Crippen molar-refractivity contribution in [3.8, 4) is 0 Å². The van der Waals surface area contributed by atoms with Crippen LogP contribution in [0.1, 0.15) is 11.4 Å². The summed E-state index contributed by atoms with van der Waals surface area (Å²) in [6.07, 6.45) is -2.37. The molecule has 124 valence electrons. The van der Waals surface area contributed by atoms with Crippen molar-refractivity contribution in [2.75, 3.05) is 18.8 Å². The van der Waals surface area contributed by atoms with Gasteiger partial charge in [0.2, 0.25) is 0 Å². The molecule has 0 saturated heterocycles. The fraction of sp³-hybridized carbons (Fsp3) is 0.545. The highest BCUT2D eigenvalue weighted by atomic mass is 32.2. The molecular weight excluding hydrogens is 323 g/mol. The molecule has 0 unspecified atom stereocenters. The number of thioether (sulfide) groups is 1. The summed E-state index contributed by atoms with van der Waals surface area (Å²) in [5.41, 5.74) is 1.86. The number of hydrogen-bond acceptors (Lipinski definition) is 6. The minimum atomic E-state index is -4.44. The van der Waals surface area contributed by atoms with Crippen LogP contribution in [-0.4, -0.2) is 39.9 Å². The van der Waals surface area contributed by atoms with Crippen molar-refractivity contribution in [3.05, 3.63) is 39.9 Å². The average Bonchev–Trinajstić information content (AvgIpc) is 2.79. The monoisotopic (exact) mass is 339 g/mol. The third-order valence-electron chi connectivity index (χ3n) is 2.46. The number of aryl methyl sites for hydroxylation is 1. The van der Waals surface area contributed by atoms with E-state index in [-0.39, 0.29) is 5.82 Å². The van der Waals surface area contributed by atoms with Crippen molar-refractivity contribution in [1.82, 2.24) is 20.6 Å². The van der Waals surface area contributed by atoms with Gasteiger partial charge in [0.25, 0.3) is 6.20 Å². The van der Waals surface area contributed by atoms with Crippen LogP contribution in [0.25, 0.3) is 0 Å². The molecule has 7 nitrogen and oxygen atoms in total. The summed E-state index contributed by atoms with van der Waals surface area (Å²) in [7, 11) is 0. The summed E-state index contributed by atoms with van der Waals surface area (Å²) in [5, 5.41) is 14.9. The molecule has 0 bridgehead atoms. The second-order valence-corrected chi connectivity index (χ2v) is 5.35. The number of imidazole rings is 1. The van der Waals surface area contributed by atoms with Crippen molar-refractivity contribution in [1.29, 1.82) is 0 Å². The topological polar surface area (TPSA) is 95.9 Å². The first-order valence-corrected chi connectivity index (χ1v) is 7.40. The van der Waals surface area contributed by atoms with E-state index in [2.05, 4.69) is 15.3 Å². The number of hydrogen-bond donors (Lipinski definition) is 3. The maximum atomic E-state index is 12.1. The van der Waals surface area contributed by atoms with Gasteiger partial charge in [-0.25, -0.2) is 4.98 Å². The number of nitrogens with one attached hydrogen (secondary N) is 3. The fourth-order valence-electron chi connectivity index (χ4n) is 1.42. The van der Waals surface area contributed by atoms with Crippen molar-refractivity contribution in [2.24, 2.45) is 0 Å². The first kappa shape index (κ1) is 18.1. The summed E-state index contributed by atoms with van der Waals surface area (Å²) in [4.78, 5) is 16.6. The van der Waals surface area contributed by atoms with Gasteiger partial charge in [-0.3, -0.25) is 10.1 Å². The molecule has 0 atom stereocenters. The molecule has 0 fully saturated rings. The molecule has 0 aliphatic carbocycles. The molecule has 0 aromatic carbocycles. The molecule has 0 aliphatic rings. The lowest BCUT2D eigenvalue weighted by Gasteiger charge is -2.12. The smallest absolute Gasteiger partial charge is 0.366 e. The Kier molecular flexibility index (Phi) is 7.02. The van der Waals surface area contributed by atoms with E-state index in [9.17, 15) is 23.3 Å². The summed E-state index contributed by atoms with van der Waals surface area (Å²) in [5.74, 6) is 0.986. The molecular formula is C11H16F3N5O2S. The van der Waals surface area contributed by atoms with E-state index < -0.39 is 17.6 Å². The van der Waals surface area contributed by atoms with Gasteiger partial charge in [0.05, 0.1) is 16.9 Å². The van der Waals surface area contributed by atoms with Crippen LogP contribution in [0.3, 0.4) is 0 Å². The van der Waals surface area contributed by atoms with Gasteiger partial charge in [0, 0.05) is 23.7 Å².